The van der Waals surface area contributed by atoms with E-state index >= 15 is 0 Å². The van der Waals surface area contributed by atoms with E-state index in [4.69, 9.17) is 34.8 Å². The van der Waals surface area contributed by atoms with Gasteiger partial charge in [-0.2, -0.15) is 0 Å². The summed E-state index contributed by atoms with van der Waals surface area (Å²) < 4.78 is 0. The number of carbonyl (C=O) groups is 2. The highest BCUT2D eigenvalue weighted by molar-refractivity contribution is 6.42. The highest BCUT2D eigenvalue weighted by Gasteiger charge is 2.37. The number of nitrogens with one attached hydrogen (secondary N) is 1. The Morgan fingerprint density at radius 1 is 0.868 bits per heavy atom. The number of primary amides is 1. The topological polar surface area (TPSA) is 105 Å². The summed E-state index contributed by atoms with van der Waals surface area (Å²) in [5.41, 5.74) is 10.7. The van der Waals surface area contributed by atoms with Crippen molar-refractivity contribution < 1.29 is 9.59 Å². The van der Waals surface area contributed by atoms with E-state index in [1.807, 2.05) is 60.7 Å². The first kappa shape index (κ1) is 24.6. The van der Waals surface area contributed by atoms with Crippen molar-refractivity contribution in [2.45, 2.75) is 5.92 Å². The Balaban J connectivity index is 1.50. The molecule has 190 valence electrons. The summed E-state index contributed by atoms with van der Waals surface area (Å²) in [4.78, 5) is 29.7. The molecule has 0 radical (unpaired) electrons. The van der Waals surface area contributed by atoms with E-state index in [1.54, 1.807) is 23.2 Å². The number of benzene rings is 4. The first-order chi connectivity index (χ1) is 18.3. The summed E-state index contributed by atoms with van der Waals surface area (Å²) in [6, 6.07) is 24.5. The lowest BCUT2D eigenvalue weighted by Gasteiger charge is -2.40. The summed E-state index contributed by atoms with van der Waals surface area (Å²) in [6.45, 7) is 1.32. The molecule has 0 aliphatic carbocycles. The third kappa shape index (κ3) is 4.25. The first-order valence-corrected chi connectivity index (χ1v) is 13.0. The number of hydrogen-bond donors (Lipinski definition) is 3. The minimum atomic E-state index is -0.555. The van der Waals surface area contributed by atoms with Crippen molar-refractivity contribution in [3.05, 3.63) is 106 Å². The van der Waals surface area contributed by atoms with Crippen LogP contribution in [0.3, 0.4) is 0 Å². The minimum Gasteiger partial charge on any atom is -0.366 e. The van der Waals surface area contributed by atoms with Crippen molar-refractivity contribution in [3.63, 3.8) is 0 Å². The fraction of sp³-hybridized carbons (Fsp3) is 0.133. The van der Waals surface area contributed by atoms with Crippen molar-refractivity contribution in [2.24, 2.45) is 17.5 Å². The second-order valence-corrected chi connectivity index (χ2v) is 10.6. The third-order valence-electron chi connectivity index (χ3n) is 7.36. The van der Waals surface area contributed by atoms with Crippen LogP contribution in [0.4, 0.5) is 0 Å². The predicted molar refractivity (Wildman–Crippen MR) is 153 cm³/mol. The molecule has 5 N–H and O–H groups in total. The molecule has 1 aromatic heterocycles. The lowest BCUT2D eigenvalue weighted by atomic mass is 9.77. The maximum Gasteiger partial charge on any atom is 0.250 e. The Morgan fingerprint density at radius 3 is 2.32 bits per heavy atom. The van der Waals surface area contributed by atoms with E-state index in [9.17, 15) is 9.59 Å². The number of aromatic amines is 1. The van der Waals surface area contributed by atoms with Crippen LogP contribution in [-0.4, -0.2) is 34.8 Å². The lowest BCUT2D eigenvalue weighted by Crippen LogP contribution is -2.54. The van der Waals surface area contributed by atoms with Crippen LogP contribution in [0.15, 0.2) is 78.9 Å². The summed E-state index contributed by atoms with van der Waals surface area (Å²) in [5, 5.41) is 4.21. The molecular formula is C30H24Cl2N4O2. The Hall–Kier alpha value is -3.68. The van der Waals surface area contributed by atoms with Crippen LogP contribution in [0.1, 0.15) is 32.2 Å². The molecule has 0 saturated carbocycles. The van der Waals surface area contributed by atoms with Gasteiger partial charge in [0.15, 0.2) is 5.78 Å². The lowest BCUT2D eigenvalue weighted by molar-refractivity contribution is 0.0643. The first-order valence-electron chi connectivity index (χ1n) is 12.2. The molecule has 6 nitrogen and oxygen atoms in total. The minimum absolute atomic E-state index is 0.0429. The van der Waals surface area contributed by atoms with Gasteiger partial charge in [0.05, 0.1) is 27.0 Å². The molecule has 0 bridgehead atoms. The number of hydrazine groups is 1. The molecule has 1 fully saturated rings. The Morgan fingerprint density at radius 2 is 1.63 bits per heavy atom. The zero-order valence-electron chi connectivity index (χ0n) is 20.2. The van der Waals surface area contributed by atoms with Gasteiger partial charge in [-0.1, -0.05) is 59.6 Å². The number of ketones is 1. The predicted octanol–water partition coefficient (Wildman–Crippen LogP) is 6.17. The molecule has 1 aliphatic heterocycles. The fourth-order valence-electron chi connectivity index (χ4n) is 5.43. The zero-order valence-corrected chi connectivity index (χ0v) is 21.8. The number of hydrogen-bond acceptors (Lipinski definition) is 4. The van der Waals surface area contributed by atoms with Gasteiger partial charge in [-0.15, -0.1) is 0 Å². The van der Waals surface area contributed by atoms with Gasteiger partial charge < -0.3 is 10.7 Å². The smallest absolute Gasteiger partial charge is 0.250 e. The summed E-state index contributed by atoms with van der Waals surface area (Å²) in [5.74, 6) is 5.25. The number of fused-ring (bicyclic) bond motifs is 3. The maximum atomic E-state index is 14.0. The Labute approximate surface area is 229 Å². The van der Waals surface area contributed by atoms with Gasteiger partial charge in [0.2, 0.25) is 0 Å². The molecule has 1 unspecified atom stereocenters. The second kappa shape index (κ2) is 9.57. The van der Waals surface area contributed by atoms with Gasteiger partial charge in [0.1, 0.15) is 0 Å². The third-order valence-corrected chi connectivity index (χ3v) is 8.10. The van der Waals surface area contributed by atoms with E-state index in [-0.39, 0.29) is 17.6 Å². The highest BCUT2D eigenvalue weighted by atomic mass is 35.5. The summed E-state index contributed by atoms with van der Waals surface area (Å²) >= 11 is 12.4. The average molecular weight is 543 g/mol. The van der Waals surface area contributed by atoms with Crippen molar-refractivity contribution >= 4 is 56.7 Å². The molecule has 1 aliphatic rings. The van der Waals surface area contributed by atoms with Crippen LogP contribution in [0.2, 0.25) is 10.0 Å². The van der Waals surface area contributed by atoms with Crippen LogP contribution in [0.5, 0.6) is 0 Å². The molecule has 5 aromatic rings. The SMILES string of the molecule is NC(=O)c1cc(-c2ccc(Cl)c(Cl)c2)cc2c1[nH]c1ccc(C(=O)C(c3ccccc3)C3CN(N)C3)cc12. The van der Waals surface area contributed by atoms with E-state index in [0.29, 0.717) is 39.8 Å². The number of carbonyl (C=O) groups excluding carboxylic acids is 2. The van der Waals surface area contributed by atoms with Crippen molar-refractivity contribution in [3.8, 4) is 11.1 Å². The van der Waals surface area contributed by atoms with Gasteiger partial charge in [0, 0.05) is 40.9 Å². The van der Waals surface area contributed by atoms with E-state index < -0.39 is 5.91 Å². The second-order valence-electron chi connectivity index (χ2n) is 9.79. The number of rotatable bonds is 6. The quantitative estimate of drug-likeness (QED) is 0.176. The Bertz CT molecular complexity index is 1730. The van der Waals surface area contributed by atoms with Crippen molar-refractivity contribution in [1.29, 1.82) is 0 Å². The van der Waals surface area contributed by atoms with Crippen LogP contribution in [-0.2, 0) is 0 Å². The molecule has 0 spiro atoms. The van der Waals surface area contributed by atoms with Crippen molar-refractivity contribution in [1.82, 2.24) is 9.99 Å². The van der Waals surface area contributed by atoms with Gasteiger partial charge in [0.25, 0.3) is 5.91 Å². The van der Waals surface area contributed by atoms with Gasteiger partial charge in [-0.25, -0.2) is 5.01 Å². The number of halogens is 2. The van der Waals surface area contributed by atoms with E-state index in [0.717, 1.165) is 33.0 Å². The molecule has 1 atom stereocenters. The molecule has 2 heterocycles. The molecule has 4 aromatic carbocycles. The number of aromatic nitrogens is 1. The fourth-order valence-corrected chi connectivity index (χ4v) is 5.73. The van der Waals surface area contributed by atoms with E-state index in [2.05, 4.69) is 4.98 Å². The average Bonchev–Trinajstić information content (AvgIpc) is 3.27. The molecule has 38 heavy (non-hydrogen) atoms. The largest absolute Gasteiger partial charge is 0.366 e. The van der Waals surface area contributed by atoms with Gasteiger partial charge in [-0.05, 0) is 59.2 Å². The standard InChI is InChI=1S/C30H24Cl2N4O2/c31-24-8-6-17(13-25(24)32)19-11-22-21-10-18(7-9-26(21)35-28(22)23(12-19)30(33)38)29(37)27(20-14-36(34)15-20)16-4-2-1-3-5-16/h1-13,20,27,35H,14-15,34H2,(H2,33,38). The number of amides is 1. The number of Topliss-reactive ketones (excluding diaryl/α,β-unsaturated/α-hetero) is 1. The molecule has 1 amide bonds. The van der Waals surface area contributed by atoms with Crippen LogP contribution in [0.25, 0.3) is 32.9 Å². The Kier molecular flexibility index (Phi) is 6.20. The number of nitrogens with two attached hydrogens (primary N) is 2. The van der Waals surface area contributed by atoms with Crippen LogP contribution >= 0.6 is 23.2 Å². The summed E-state index contributed by atoms with van der Waals surface area (Å²) in [7, 11) is 0. The normalized spacial score (nSPS) is 15.0. The van der Waals surface area contributed by atoms with E-state index in [1.165, 1.54) is 0 Å². The maximum absolute atomic E-state index is 14.0. The molecular weight excluding hydrogens is 519 g/mol. The van der Waals surface area contributed by atoms with Gasteiger partial charge >= 0.3 is 0 Å². The number of nitrogens with zero attached hydrogens (tertiary/aromatic N) is 1. The van der Waals surface area contributed by atoms with Gasteiger partial charge in [-0.3, -0.25) is 15.4 Å². The van der Waals surface area contributed by atoms with Crippen molar-refractivity contribution in [2.75, 3.05) is 13.1 Å². The number of H-pyrrole nitrogens is 1. The van der Waals surface area contributed by atoms with Crippen LogP contribution in [0, 0.1) is 5.92 Å². The molecule has 1 saturated heterocycles. The molecule has 8 heteroatoms. The summed E-state index contributed by atoms with van der Waals surface area (Å²) in [6.07, 6.45) is 0. The zero-order chi connectivity index (χ0) is 26.6. The van der Waals surface area contributed by atoms with Crippen LogP contribution < -0.4 is 11.6 Å². The highest BCUT2D eigenvalue weighted by Crippen LogP contribution is 2.37. The molecule has 6 rings (SSSR count). The monoisotopic (exact) mass is 542 g/mol.